The third kappa shape index (κ3) is 4.12. The number of rotatable bonds is 5. The Labute approximate surface area is 95.6 Å². The van der Waals surface area contributed by atoms with Gasteiger partial charge in [0.1, 0.15) is 0 Å². The maximum atomic E-state index is 2.63. The minimum Gasteiger partial charge on any atom is -0.303 e. The first-order valence-corrected chi connectivity index (χ1v) is 6.63. The van der Waals surface area contributed by atoms with Gasteiger partial charge in [-0.3, -0.25) is 0 Å². The molecule has 1 aliphatic heterocycles. The molecule has 0 aromatic rings. The van der Waals surface area contributed by atoms with E-state index in [-0.39, 0.29) is 0 Å². The zero-order chi connectivity index (χ0) is 11.3. The Bertz CT molecular complexity index is 156. The van der Waals surface area contributed by atoms with Crippen molar-refractivity contribution in [2.24, 2.45) is 5.92 Å². The van der Waals surface area contributed by atoms with Gasteiger partial charge >= 0.3 is 0 Å². The molecule has 90 valence electrons. The molecule has 0 saturated carbocycles. The van der Waals surface area contributed by atoms with Gasteiger partial charge in [-0.05, 0) is 44.9 Å². The minimum atomic E-state index is 0.815. The van der Waals surface area contributed by atoms with Crippen molar-refractivity contribution in [1.29, 1.82) is 0 Å². The first kappa shape index (κ1) is 13.0. The van der Waals surface area contributed by atoms with Crippen LogP contribution >= 0.6 is 0 Å². The fourth-order valence-electron chi connectivity index (χ4n) is 2.72. The van der Waals surface area contributed by atoms with E-state index in [2.05, 4.69) is 37.5 Å². The quantitative estimate of drug-likeness (QED) is 0.691. The SMILES string of the molecule is CCN(CC)C1CCN(CC(C)C)CC1. The summed E-state index contributed by atoms with van der Waals surface area (Å²) in [5.74, 6) is 0.815. The van der Waals surface area contributed by atoms with E-state index < -0.39 is 0 Å². The molecule has 0 aromatic carbocycles. The summed E-state index contributed by atoms with van der Waals surface area (Å²) in [5, 5.41) is 0. The molecule has 0 bridgehead atoms. The van der Waals surface area contributed by atoms with Gasteiger partial charge in [-0.2, -0.15) is 0 Å². The predicted octanol–water partition coefficient (Wildman–Crippen LogP) is 2.45. The van der Waals surface area contributed by atoms with Crippen molar-refractivity contribution < 1.29 is 0 Å². The summed E-state index contributed by atoms with van der Waals surface area (Å²) in [6.45, 7) is 15.5. The standard InChI is InChI=1S/C13H28N2/c1-5-15(6-2)13-7-9-14(10-8-13)11-12(3)4/h12-13H,5-11H2,1-4H3. The fourth-order valence-corrected chi connectivity index (χ4v) is 2.72. The van der Waals surface area contributed by atoms with Crippen molar-refractivity contribution in [2.75, 3.05) is 32.7 Å². The lowest BCUT2D eigenvalue weighted by Gasteiger charge is -2.38. The van der Waals surface area contributed by atoms with E-state index in [0.717, 1.165) is 12.0 Å². The highest BCUT2D eigenvalue weighted by Gasteiger charge is 2.22. The average Bonchev–Trinajstić information content (AvgIpc) is 2.21. The summed E-state index contributed by atoms with van der Waals surface area (Å²) in [6, 6.07) is 0.850. The van der Waals surface area contributed by atoms with Gasteiger partial charge in [0.05, 0.1) is 0 Å². The second-order valence-electron chi connectivity index (χ2n) is 5.15. The Morgan fingerprint density at radius 3 is 2.07 bits per heavy atom. The molecule has 0 spiro atoms. The summed E-state index contributed by atoms with van der Waals surface area (Å²) >= 11 is 0. The van der Waals surface area contributed by atoms with E-state index >= 15 is 0 Å². The van der Waals surface area contributed by atoms with Crippen LogP contribution in [0.4, 0.5) is 0 Å². The molecule has 1 heterocycles. The van der Waals surface area contributed by atoms with Crippen LogP contribution in [-0.4, -0.2) is 48.6 Å². The highest BCUT2D eigenvalue weighted by atomic mass is 15.2. The highest BCUT2D eigenvalue weighted by Crippen LogP contribution is 2.16. The molecule has 1 saturated heterocycles. The summed E-state index contributed by atoms with van der Waals surface area (Å²) in [7, 11) is 0. The van der Waals surface area contributed by atoms with Gasteiger partial charge in [0.15, 0.2) is 0 Å². The molecule has 15 heavy (non-hydrogen) atoms. The van der Waals surface area contributed by atoms with Crippen LogP contribution in [0.2, 0.25) is 0 Å². The molecule has 1 aliphatic rings. The Morgan fingerprint density at radius 2 is 1.67 bits per heavy atom. The predicted molar refractivity (Wildman–Crippen MR) is 67.2 cm³/mol. The van der Waals surface area contributed by atoms with E-state index in [9.17, 15) is 0 Å². The first-order chi connectivity index (χ1) is 7.17. The van der Waals surface area contributed by atoms with Crippen LogP contribution in [0, 0.1) is 5.92 Å². The van der Waals surface area contributed by atoms with Crippen LogP contribution in [0.3, 0.4) is 0 Å². The van der Waals surface area contributed by atoms with Crippen molar-refractivity contribution in [3.63, 3.8) is 0 Å². The Morgan fingerprint density at radius 1 is 1.13 bits per heavy atom. The summed E-state index contributed by atoms with van der Waals surface area (Å²) in [5.41, 5.74) is 0. The Hall–Kier alpha value is -0.0800. The molecule has 0 N–H and O–H groups in total. The van der Waals surface area contributed by atoms with Crippen molar-refractivity contribution in [1.82, 2.24) is 9.80 Å². The third-order valence-electron chi connectivity index (χ3n) is 3.51. The largest absolute Gasteiger partial charge is 0.303 e. The van der Waals surface area contributed by atoms with E-state index in [1.54, 1.807) is 0 Å². The average molecular weight is 212 g/mol. The van der Waals surface area contributed by atoms with Crippen LogP contribution in [0.25, 0.3) is 0 Å². The van der Waals surface area contributed by atoms with Crippen LogP contribution < -0.4 is 0 Å². The maximum Gasteiger partial charge on any atom is 0.0119 e. The lowest BCUT2D eigenvalue weighted by Crippen LogP contribution is -2.45. The zero-order valence-electron chi connectivity index (χ0n) is 11.0. The van der Waals surface area contributed by atoms with Gasteiger partial charge in [0.25, 0.3) is 0 Å². The molecule has 0 radical (unpaired) electrons. The molecule has 0 amide bonds. The van der Waals surface area contributed by atoms with Crippen LogP contribution in [0.5, 0.6) is 0 Å². The third-order valence-corrected chi connectivity index (χ3v) is 3.51. The minimum absolute atomic E-state index is 0.815. The van der Waals surface area contributed by atoms with Gasteiger partial charge in [-0.15, -0.1) is 0 Å². The molecule has 2 nitrogen and oxygen atoms in total. The van der Waals surface area contributed by atoms with Gasteiger partial charge < -0.3 is 9.80 Å². The fraction of sp³-hybridized carbons (Fsp3) is 1.00. The Balaban J connectivity index is 2.28. The molecule has 0 atom stereocenters. The van der Waals surface area contributed by atoms with Crippen LogP contribution in [0.1, 0.15) is 40.5 Å². The van der Waals surface area contributed by atoms with E-state index in [4.69, 9.17) is 0 Å². The molecule has 0 aromatic heterocycles. The molecule has 2 heteroatoms. The first-order valence-electron chi connectivity index (χ1n) is 6.63. The lowest BCUT2D eigenvalue weighted by molar-refractivity contribution is 0.109. The van der Waals surface area contributed by atoms with E-state index in [1.807, 2.05) is 0 Å². The monoisotopic (exact) mass is 212 g/mol. The van der Waals surface area contributed by atoms with E-state index in [1.165, 1.54) is 45.6 Å². The van der Waals surface area contributed by atoms with Gasteiger partial charge in [0.2, 0.25) is 0 Å². The molecule has 0 unspecified atom stereocenters. The van der Waals surface area contributed by atoms with Crippen molar-refractivity contribution in [3.8, 4) is 0 Å². The lowest BCUT2D eigenvalue weighted by atomic mass is 10.0. The molecular weight excluding hydrogens is 184 g/mol. The number of hydrogen-bond donors (Lipinski definition) is 0. The summed E-state index contributed by atoms with van der Waals surface area (Å²) < 4.78 is 0. The van der Waals surface area contributed by atoms with Crippen molar-refractivity contribution in [2.45, 2.75) is 46.6 Å². The summed E-state index contributed by atoms with van der Waals surface area (Å²) in [4.78, 5) is 5.25. The normalized spacial score (nSPS) is 20.4. The van der Waals surface area contributed by atoms with Gasteiger partial charge in [-0.25, -0.2) is 0 Å². The second-order valence-corrected chi connectivity index (χ2v) is 5.15. The smallest absolute Gasteiger partial charge is 0.0119 e. The van der Waals surface area contributed by atoms with Gasteiger partial charge in [0, 0.05) is 12.6 Å². The number of nitrogens with zero attached hydrogens (tertiary/aromatic N) is 2. The van der Waals surface area contributed by atoms with Crippen LogP contribution in [-0.2, 0) is 0 Å². The van der Waals surface area contributed by atoms with Crippen LogP contribution in [0.15, 0.2) is 0 Å². The van der Waals surface area contributed by atoms with Crippen molar-refractivity contribution in [3.05, 3.63) is 0 Å². The Kier molecular flexibility index (Phi) is 5.62. The number of piperidine rings is 1. The molecule has 0 aliphatic carbocycles. The number of hydrogen-bond acceptors (Lipinski definition) is 2. The summed E-state index contributed by atoms with van der Waals surface area (Å²) in [6.07, 6.45) is 2.74. The van der Waals surface area contributed by atoms with Crippen molar-refractivity contribution >= 4 is 0 Å². The molecular formula is C13H28N2. The number of likely N-dealkylation sites (tertiary alicyclic amines) is 1. The maximum absolute atomic E-state index is 2.63. The highest BCUT2D eigenvalue weighted by molar-refractivity contribution is 4.79. The topological polar surface area (TPSA) is 6.48 Å². The molecule has 1 fully saturated rings. The van der Waals surface area contributed by atoms with E-state index in [0.29, 0.717) is 0 Å². The zero-order valence-corrected chi connectivity index (χ0v) is 11.0. The molecule has 1 rings (SSSR count). The second kappa shape index (κ2) is 6.49. The van der Waals surface area contributed by atoms with Gasteiger partial charge in [-0.1, -0.05) is 27.7 Å².